The fourth-order valence-electron chi connectivity index (χ4n) is 7.28. The Morgan fingerprint density at radius 2 is 0.587 bits per heavy atom. The molecule has 2 saturated carbocycles. The first-order valence-electron chi connectivity index (χ1n) is 17.2. The van der Waals surface area contributed by atoms with Crippen LogP contribution in [0.3, 0.4) is 0 Å². The van der Waals surface area contributed by atoms with Gasteiger partial charge in [0.1, 0.15) is 0 Å². The van der Waals surface area contributed by atoms with Gasteiger partial charge in [-0.3, -0.25) is 0 Å². The molecule has 0 bridgehead atoms. The van der Waals surface area contributed by atoms with Gasteiger partial charge in [0.2, 0.25) is 0 Å². The molecule has 4 atom stereocenters. The topological polar surface area (TPSA) is 49.4 Å². The second-order valence-corrected chi connectivity index (χ2v) is 27.7. The van der Waals surface area contributed by atoms with Crippen molar-refractivity contribution in [3.63, 3.8) is 0 Å². The molecule has 2 fully saturated rings. The van der Waals surface area contributed by atoms with Crippen molar-refractivity contribution in [3.8, 4) is 0 Å². The molecule has 0 spiro atoms. The molecule has 4 nitrogen and oxygen atoms in total. The molecule has 0 radical (unpaired) electrons. The van der Waals surface area contributed by atoms with E-state index in [4.69, 9.17) is 20.0 Å². The zero-order valence-corrected chi connectivity index (χ0v) is 37.7. The third-order valence-electron chi connectivity index (χ3n) is 9.99. The van der Waals surface area contributed by atoms with Crippen LogP contribution in [0.4, 0.5) is 0 Å². The molecular formula is C40H40Hg2N4. The van der Waals surface area contributed by atoms with Gasteiger partial charge in [-0.1, -0.05) is 0 Å². The normalized spacial score (nSPS) is 22.6. The molecule has 224 valence electrons. The van der Waals surface area contributed by atoms with E-state index in [2.05, 4.69) is 122 Å². The van der Waals surface area contributed by atoms with E-state index in [1.807, 2.05) is 0 Å². The van der Waals surface area contributed by atoms with Crippen LogP contribution in [0.25, 0.3) is 0 Å². The van der Waals surface area contributed by atoms with E-state index in [0.717, 1.165) is 25.7 Å². The average molecular weight is 978 g/mol. The van der Waals surface area contributed by atoms with Gasteiger partial charge in [0.25, 0.3) is 0 Å². The number of hydrogen-bond donors (Lipinski definition) is 0. The molecule has 0 amide bonds. The van der Waals surface area contributed by atoms with Crippen molar-refractivity contribution in [3.05, 3.63) is 119 Å². The molecule has 0 aromatic heterocycles. The van der Waals surface area contributed by atoms with Crippen molar-refractivity contribution in [2.24, 2.45) is 20.0 Å². The van der Waals surface area contributed by atoms with Crippen LogP contribution < -0.4 is 12.3 Å². The molecule has 0 N–H and O–H groups in total. The number of nitrogens with zero attached hydrogens (tertiary/aromatic N) is 4. The number of rotatable bonds is 0. The Hall–Kier alpha value is -2.57. The summed E-state index contributed by atoms with van der Waals surface area (Å²) in [5.74, 6) is 0. The van der Waals surface area contributed by atoms with Crippen molar-refractivity contribution in [1.29, 1.82) is 0 Å². The Morgan fingerprint density at radius 3 is 0.848 bits per heavy atom. The van der Waals surface area contributed by atoms with E-state index in [1.54, 1.807) is 0 Å². The van der Waals surface area contributed by atoms with Crippen molar-refractivity contribution < 1.29 is 49.1 Å². The van der Waals surface area contributed by atoms with Crippen LogP contribution in [0.15, 0.2) is 117 Å². The summed E-state index contributed by atoms with van der Waals surface area (Å²) < 4.78 is 6.08. The molecule has 4 unspecified atom stereocenters. The number of benzene rings is 4. The van der Waals surface area contributed by atoms with E-state index in [-0.39, 0.29) is 24.2 Å². The summed E-state index contributed by atoms with van der Waals surface area (Å²) in [4.78, 5) is 21.0. The Bertz CT molecular complexity index is 1500. The van der Waals surface area contributed by atoms with Crippen LogP contribution in [-0.4, -0.2) is 49.0 Å². The Morgan fingerprint density at radius 1 is 0.348 bits per heavy atom. The average Bonchev–Trinajstić information content (AvgIpc) is 3.10. The first-order valence-corrected chi connectivity index (χ1v) is 28.2. The quantitative estimate of drug-likeness (QED) is 0.202. The third-order valence-corrected chi connectivity index (χ3v) is 25.9. The minimum atomic E-state index is -1.69. The van der Waals surface area contributed by atoms with Crippen LogP contribution in [0, 0.1) is 0 Å². The molecule has 3 aliphatic rings. The van der Waals surface area contributed by atoms with Gasteiger partial charge >= 0.3 is 301 Å². The SMILES string of the molecule is C1=NC2CCCCC2N=Cc2cccc[c]2[Hg][c]2ccccc2C=NC2CCCCC2N=Cc2cccc[c]2[Hg][c]2ccccc21. The Kier molecular flexibility index (Phi) is 11.1. The van der Waals surface area contributed by atoms with Crippen LogP contribution in [0.1, 0.15) is 73.6 Å². The second-order valence-electron chi connectivity index (χ2n) is 13.1. The molecular weight excluding hydrogens is 938 g/mol. The predicted octanol–water partition coefficient (Wildman–Crippen LogP) is 5.77. The van der Waals surface area contributed by atoms with Gasteiger partial charge < -0.3 is 0 Å². The maximum atomic E-state index is 5.26. The van der Waals surface area contributed by atoms with Crippen molar-refractivity contribution >= 4 is 37.1 Å². The van der Waals surface area contributed by atoms with Crippen LogP contribution in [0.2, 0.25) is 0 Å². The molecule has 4 aromatic carbocycles. The molecule has 46 heavy (non-hydrogen) atoms. The zero-order chi connectivity index (χ0) is 31.0. The molecule has 2 aliphatic carbocycles. The van der Waals surface area contributed by atoms with Crippen LogP contribution >= 0.6 is 0 Å². The van der Waals surface area contributed by atoms with E-state index in [0.29, 0.717) is 0 Å². The zero-order valence-electron chi connectivity index (χ0n) is 26.7. The summed E-state index contributed by atoms with van der Waals surface area (Å²) in [5, 5.41) is 0. The maximum absolute atomic E-state index is 5.26. The number of hydrogen-bond acceptors (Lipinski definition) is 4. The van der Waals surface area contributed by atoms with Gasteiger partial charge in [0.15, 0.2) is 0 Å². The van der Waals surface area contributed by atoms with Gasteiger partial charge in [-0.15, -0.1) is 0 Å². The second kappa shape index (κ2) is 16.0. The molecule has 0 saturated heterocycles. The molecule has 7 rings (SSSR count). The number of fused-ring (bicyclic) bond motifs is 6. The summed E-state index contributed by atoms with van der Waals surface area (Å²) in [5.41, 5.74) is 5.19. The summed E-state index contributed by atoms with van der Waals surface area (Å²) in [6, 6.07) is 36.9. The van der Waals surface area contributed by atoms with Gasteiger partial charge in [0, 0.05) is 0 Å². The van der Waals surface area contributed by atoms with Gasteiger partial charge in [-0.05, 0) is 0 Å². The van der Waals surface area contributed by atoms with E-state index in [9.17, 15) is 0 Å². The molecule has 6 heteroatoms. The summed E-state index contributed by atoms with van der Waals surface area (Å²) >= 11 is -3.38. The molecule has 4 aromatic rings. The van der Waals surface area contributed by atoms with E-state index < -0.39 is 49.1 Å². The number of aliphatic imine (C=N–C) groups is 4. The Balaban J connectivity index is 1.29. The fraction of sp³-hybridized carbons (Fsp3) is 0.300. The van der Waals surface area contributed by atoms with E-state index >= 15 is 0 Å². The van der Waals surface area contributed by atoms with Crippen molar-refractivity contribution in [2.45, 2.75) is 75.5 Å². The van der Waals surface area contributed by atoms with Gasteiger partial charge in [-0.2, -0.15) is 0 Å². The van der Waals surface area contributed by atoms with Crippen LogP contribution in [-0.2, 0) is 49.1 Å². The Labute approximate surface area is 298 Å². The monoisotopic (exact) mass is 980 g/mol. The fourth-order valence-corrected chi connectivity index (χ4v) is 20.8. The van der Waals surface area contributed by atoms with Gasteiger partial charge in [-0.25, -0.2) is 0 Å². The third kappa shape index (κ3) is 8.10. The summed E-state index contributed by atoms with van der Waals surface area (Å²) in [6.45, 7) is 0. The summed E-state index contributed by atoms with van der Waals surface area (Å²) in [6.07, 6.45) is 18.1. The summed E-state index contributed by atoms with van der Waals surface area (Å²) in [7, 11) is 0. The molecule has 1 heterocycles. The van der Waals surface area contributed by atoms with Crippen LogP contribution in [0.5, 0.6) is 0 Å². The first kappa shape index (κ1) is 32.0. The molecule has 1 aliphatic heterocycles. The predicted molar refractivity (Wildman–Crippen MR) is 187 cm³/mol. The van der Waals surface area contributed by atoms with E-state index in [1.165, 1.54) is 60.2 Å². The van der Waals surface area contributed by atoms with Gasteiger partial charge in [0.05, 0.1) is 0 Å². The van der Waals surface area contributed by atoms with Crippen molar-refractivity contribution in [2.75, 3.05) is 0 Å². The standard InChI is InChI=1S/2C20H20N2.2Hg/c2*1-3-9-17(10-4-1)15-21-19-13-7-8-14-20(19)22-16-18-11-5-2-6-12-18;;/h2*1-6,9,11,15-16,19-20H,7-8,13-14H2;;. The first-order chi connectivity index (χ1) is 22.8. The minimum absolute atomic E-state index is 0.240. The van der Waals surface area contributed by atoms with Crippen molar-refractivity contribution in [1.82, 2.24) is 0 Å².